The van der Waals surface area contributed by atoms with Crippen molar-refractivity contribution in [2.24, 2.45) is 22.7 Å². The normalized spacial score (nSPS) is 23.1. The molecule has 2 saturated carbocycles. The molecule has 0 N–H and O–H groups in total. The molecule has 18 heavy (non-hydrogen) atoms. The number of alkyl halides is 3. The quantitative estimate of drug-likeness (QED) is 0.691. The Balaban J connectivity index is 0.000000184. The fraction of sp³-hybridized carbons (Fsp3) is 0.929. The van der Waals surface area contributed by atoms with Crippen LogP contribution in [0.15, 0.2) is 0 Å². The van der Waals surface area contributed by atoms with Crippen LogP contribution in [0.4, 0.5) is 13.2 Å². The number of hydrogen-bond donors (Lipinski definition) is 0. The second-order valence-corrected chi connectivity index (χ2v) is 6.23. The Morgan fingerprint density at radius 1 is 0.944 bits per heavy atom. The Kier molecular flexibility index (Phi) is 4.05. The molecule has 0 saturated heterocycles. The molecular formula is C14H22F3N. The van der Waals surface area contributed by atoms with Crippen LogP contribution in [0.3, 0.4) is 0 Å². The minimum absolute atomic E-state index is 0.0972. The lowest BCUT2D eigenvalue weighted by Crippen LogP contribution is -2.29. The van der Waals surface area contributed by atoms with E-state index in [9.17, 15) is 13.2 Å². The summed E-state index contributed by atoms with van der Waals surface area (Å²) in [5.41, 5.74) is -1.22. The van der Waals surface area contributed by atoms with E-state index in [2.05, 4.69) is 19.9 Å². The predicted octanol–water partition coefficient (Wildman–Crippen LogP) is 4.93. The van der Waals surface area contributed by atoms with E-state index in [0.29, 0.717) is 18.8 Å². The third-order valence-electron chi connectivity index (χ3n) is 4.57. The largest absolute Gasteiger partial charge is 0.394 e. The van der Waals surface area contributed by atoms with Crippen LogP contribution in [-0.4, -0.2) is 6.18 Å². The molecule has 2 aliphatic carbocycles. The zero-order valence-corrected chi connectivity index (χ0v) is 11.6. The number of hydrogen-bond acceptors (Lipinski definition) is 1. The third-order valence-corrected chi connectivity index (χ3v) is 4.57. The molecule has 0 aromatic rings. The highest BCUT2D eigenvalue weighted by atomic mass is 19.4. The summed E-state index contributed by atoms with van der Waals surface area (Å²) in [6.07, 6.45) is -1.06. The van der Waals surface area contributed by atoms with E-state index < -0.39 is 11.6 Å². The number of nitriles is 1. The van der Waals surface area contributed by atoms with Crippen LogP contribution in [0, 0.1) is 34.0 Å². The first-order valence-electron chi connectivity index (χ1n) is 6.59. The van der Waals surface area contributed by atoms with Crippen molar-refractivity contribution in [1.29, 1.82) is 5.26 Å². The Bertz CT molecular complexity index is 328. The van der Waals surface area contributed by atoms with E-state index in [-0.39, 0.29) is 11.3 Å². The van der Waals surface area contributed by atoms with Gasteiger partial charge < -0.3 is 0 Å². The molecule has 0 unspecified atom stereocenters. The first-order valence-corrected chi connectivity index (χ1v) is 6.59. The first-order chi connectivity index (χ1) is 8.11. The number of halogens is 3. The molecule has 1 nitrogen and oxygen atoms in total. The molecule has 0 atom stereocenters. The molecule has 0 aliphatic heterocycles. The molecular weight excluding hydrogens is 239 g/mol. The van der Waals surface area contributed by atoms with Gasteiger partial charge in [0.05, 0.1) is 16.9 Å². The van der Waals surface area contributed by atoms with Crippen molar-refractivity contribution in [3.05, 3.63) is 0 Å². The highest BCUT2D eigenvalue weighted by Crippen LogP contribution is 2.62. The van der Waals surface area contributed by atoms with Crippen molar-refractivity contribution >= 4 is 0 Å². The summed E-state index contributed by atoms with van der Waals surface area (Å²) in [5.74, 6) is 0.306. The molecule has 0 aromatic heterocycles. The van der Waals surface area contributed by atoms with Crippen LogP contribution in [0.25, 0.3) is 0 Å². The van der Waals surface area contributed by atoms with Crippen LogP contribution < -0.4 is 0 Å². The molecule has 0 aromatic carbocycles. The van der Waals surface area contributed by atoms with Crippen LogP contribution in [-0.2, 0) is 0 Å². The maximum absolute atomic E-state index is 12.1. The molecule has 0 amide bonds. The fourth-order valence-corrected chi connectivity index (χ4v) is 2.28. The van der Waals surface area contributed by atoms with Gasteiger partial charge in [0.25, 0.3) is 0 Å². The molecule has 0 radical (unpaired) electrons. The third kappa shape index (κ3) is 2.81. The highest BCUT2D eigenvalue weighted by molar-refractivity contribution is 5.11. The molecule has 0 spiro atoms. The van der Waals surface area contributed by atoms with Crippen LogP contribution in [0.5, 0.6) is 0 Å². The van der Waals surface area contributed by atoms with E-state index in [1.54, 1.807) is 13.8 Å². The minimum Gasteiger partial charge on any atom is -0.198 e. The van der Waals surface area contributed by atoms with Crippen molar-refractivity contribution < 1.29 is 13.2 Å². The van der Waals surface area contributed by atoms with Crippen molar-refractivity contribution in [2.75, 3.05) is 0 Å². The molecule has 2 aliphatic rings. The standard InChI is InChI=1S/C7H11F3.C7H11N/c1-5(2)6(3-4-6)7(8,9)10;1-6(2)7(5-8)3-4-7/h5H,3-4H2,1-2H3;6H,3-4H2,1-2H3. The van der Waals surface area contributed by atoms with Gasteiger partial charge >= 0.3 is 6.18 Å². The highest BCUT2D eigenvalue weighted by Gasteiger charge is 2.64. The summed E-state index contributed by atoms with van der Waals surface area (Å²) in [6.45, 7) is 7.52. The fourth-order valence-electron chi connectivity index (χ4n) is 2.28. The smallest absolute Gasteiger partial charge is 0.198 e. The molecule has 2 fully saturated rings. The Hall–Kier alpha value is -0.720. The van der Waals surface area contributed by atoms with Crippen LogP contribution >= 0.6 is 0 Å². The van der Waals surface area contributed by atoms with Gasteiger partial charge in [0.15, 0.2) is 0 Å². The SMILES string of the molecule is CC(C)C1(C#N)CC1.CC(C)C1(C(F)(F)F)CC1. The zero-order valence-electron chi connectivity index (χ0n) is 11.6. The van der Waals surface area contributed by atoms with Gasteiger partial charge in [-0.05, 0) is 37.5 Å². The topological polar surface area (TPSA) is 23.8 Å². The van der Waals surface area contributed by atoms with Crippen molar-refractivity contribution in [1.82, 2.24) is 0 Å². The van der Waals surface area contributed by atoms with Gasteiger partial charge in [-0.3, -0.25) is 0 Å². The molecule has 104 valence electrons. The zero-order chi connectivity index (χ0) is 14.2. The maximum Gasteiger partial charge on any atom is 0.394 e. The van der Waals surface area contributed by atoms with E-state index in [1.165, 1.54) is 0 Å². The molecule has 0 bridgehead atoms. The average Bonchev–Trinajstić information content (AvgIpc) is 3.12. The molecule has 0 heterocycles. The molecule has 4 heteroatoms. The summed E-state index contributed by atoms with van der Waals surface area (Å²) in [5, 5.41) is 8.58. The van der Waals surface area contributed by atoms with Crippen molar-refractivity contribution in [3.63, 3.8) is 0 Å². The number of rotatable bonds is 2. The van der Waals surface area contributed by atoms with Gasteiger partial charge in [-0.1, -0.05) is 27.7 Å². The van der Waals surface area contributed by atoms with Gasteiger partial charge in [0, 0.05) is 0 Å². The summed E-state index contributed by atoms with van der Waals surface area (Å²) in [4.78, 5) is 0. The first kappa shape index (κ1) is 15.3. The van der Waals surface area contributed by atoms with Crippen molar-refractivity contribution in [3.8, 4) is 6.07 Å². The summed E-state index contributed by atoms with van der Waals surface area (Å²) < 4.78 is 36.4. The predicted molar refractivity (Wildman–Crippen MR) is 64.7 cm³/mol. The van der Waals surface area contributed by atoms with E-state index in [0.717, 1.165) is 12.8 Å². The Morgan fingerprint density at radius 2 is 1.39 bits per heavy atom. The van der Waals surface area contributed by atoms with Crippen molar-refractivity contribution in [2.45, 2.75) is 59.6 Å². The summed E-state index contributed by atoms with van der Waals surface area (Å²) in [7, 11) is 0. The lowest BCUT2D eigenvalue weighted by molar-refractivity contribution is -0.199. The molecule has 2 rings (SSSR count). The monoisotopic (exact) mass is 261 g/mol. The Morgan fingerprint density at radius 3 is 1.39 bits per heavy atom. The summed E-state index contributed by atoms with van der Waals surface area (Å²) in [6, 6.07) is 2.35. The van der Waals surface area contributed by atoms with Gasteiger partial charge in [-0.2, -0.15) is 18.4 Å². The van der Waals surface area contributed by atoms with Gasteiger partial charge in [0.1, 0.15) is 0 Å². The second kappa shape index (κ2) is 4.75. The lowest BCUT2D eigenvalue weighted by Gasteiger charge is -2.22. The van der Waals surface area contributed by atoms with Gasteiger partial charge in [0.2, 0.25) is 0 Å². The van der Waals surface area contributed by atoms with Crippen LogP contribution in [0.1, 0.15) is 53.4 Å². The second-order valence-electron chi connectivity index (χ2n) is 6.23. The van der Waals surface area contributed by atoms with E-state index in [1.807, 2.05) is 0 Å². The Labute approximate surface area is 107 Å². The minimum atomic E-state index is -3.97. The lowest BCUT2D eigenvalue weighted by atomic mass is 9.92. The van der Waals surface area contributed by atoms with E-state index >= 15 is 0 Å². The summed E-state index contributed by atoms with van der Waals surface area (Å²) >= 11 is 0. The average molecular weight is 261 g/mol. The number of nitrogens with zero attached hydrogens (tertiary/aromatic N) is 1. The van der Waals surface area contributed by atoms with Crippen LogP contribution in [0.2, 0.25) is 0 Å². The maximum atomic E-state index is 12.1. The van der Waals surface area contributed by atoms with Gasteiger partial charge in [-0.15, -0.1) is 0 Å². The van der Waals surface area contributed by atoms with E-state index in [4.69, 9.17) is 5.26 Å². The van der Waals surface area contributed by atoms with Gasteiger partial charge in [-0.25, -0.2) is 0 Å².